The molecule has 1 aromatic rings. The van der Waals surface area contributed by atoms with Crippen LogP contribution < -0.4 is 5.32 Å². The van der Waals surface area contributed by atoms with Crippen molar-refractivity contribution in [2.45, 2.75) is 6.04 Å². The molecule has 14 heavy (non-hydrogen) atoms. The number of nitrogens with zero attached hydrogens (tertiary/aromatic N) is 1. The molecule has 0 saturated carbocycles. The van der Waals surface area contributed by atoms with Gasteiger partial charge in [-0.3, -0.25) is 10.1 Å². The predicted molar refractivity (Wildman–Crippen MR) is 42.6 cm³/mol. The average Bonchev–Trinajstić information content (AvgIpc) is 2.70. The lowest BCUT2D eigenvalue weighted by atomic mass is 10.2. The first-order valence-corrected chi connectivity index (χ1v) is 3.84. The molecule has 0 radical (unpaired) electrons. The van der Waals surface area contributed by atoms with Crippen LogP contribution in [0, 0.1) is 10.1 Å². The summed E-state index contributed by atoms with van der Waals surface area (Å²) in [6.07, 6.45) is -0.547. The summed E-state index contributed by atoms with van der Waals surface area (Å²) >= 11 is 0. The summed E-state index contributed by atoms with van der Waals surface area (Å²) in [5.74, 6) is -0.0244. The Morgan fingerprint density at radius 2 is 2.36 bits per heavy atom. The van der Waals surface area contributed by atoms with Crippen molar-refractivity contribution >= 4 is 12.0 Å². The quantitative estimate of drug-likeness (QED) is 0.564. The van der Waals surface area contributed by atoms with Crippen LogP contribution in [0.25, 0.3) is 0 Å². The zero-order valence-corrected chi connectivity index (χ0v) is 6.93. The number of hydrogen-bond donors (Lipinski definition) is 1. The van der Waals surface area contributed by atoms with Crippen molar-refractivity contribution in [3.63, 3.8) is 0 Å². The van der Waals surface area contributed by atoms with Crippen LogP contribution >= 0.6 is 0 Å². The maximum Gasteiger partial charge on any atom is 0.433 e. The minimum absolute atomic E-state index is 0.128. The van der Waals surface area contributed by atoms with Crippen LogP contribution in [0.4, 0.5) is 10.7 Å². The molecule has 1 fully saturated rings. The summed E-state index contributed by atoms with van der Waals surface area (Å²) in [7, 11) is 0. The van der Waals surface area contributed by atoms with Crippen LogP contribution in [0.2, 0.25) is 0 Å². The molecule has 1 N–H and O–H groups in total. The van der Waals surface area contributed by atoms with Crippen molar-refractivity contribution in [3.8, 4) is 0 Å². The third-order valence-electron chi connectivity index (χ3n) is 1.81. The van der Waals surface area contributed by atoms with E-state index in [0.717, 1.165) is 0 Å². The van der Waals surface area contributed by atoms with Gasteiger partial charge in [-0.05, 0) is 6.07 Å². The number of hydrogen-bond acceptors (Lipinski definition) is 5. The van der Waals surface area contributed by atoms with Crippen LogP contribution in [-0.4, -0.2) is 17.6 Å². The number of furan rings is 1. The highest BCUT2D eigenvalue weighted by Crippen LogP contribution is 2.24. The molecule has 1 amide bonds. The van der Waals surface area contributed by atoms with Gasteiger partial charge in [0.1, 0.15) is 23.3 Å². The van der Waals surface area contributed by atoms with E-state index in [1.54, 1.807) is 0 Å². The number of alkyl carbamates (subject to hydrolysis) is 1. The lowest BCUT2D eigenvalue weighted by Gasteiger charge is -2.00. The van der Waals surface area contributed by atoms with E-state index in [-0.39, 0.29) is 12.5 Å². The summed E-state index contributed by atoms with van der Waals surface area (Å²) in [6.45, 7) is 0.128. The van der Waals surface area contributed by atoms with Gasteiger partial charge in [-0.25, -0.2) is 4.79 Å². The molecule has 2 heterocycles. The molecule has 1 saturated heterocycles. The van der Waals surface area contributed by atoms with Crippen molar-refractivity contribution in [2.24, 2.45) is 0 Å². The summed E-state index contributed by atoms with van der Waals surface area (Å²) in [4.78, 5) is 20.3. The third kappa shape index (κ3) is 1.39. The molecule has 0 aliphatic carbocycles. The van der Waals surface area contributed by atoms with Crippen LogP contribution in [-0.2, 0) is 4.74 Å². The number of carbonyl (C=O) groups is 1. The van der Waals surface area contributed by atoms with Gasteiger partial charge >= 0.3 is 12.0 Å². The molecular formula is C7H6N2O5. The summed E-state index contributed by atoms with van der Waals surface area (Å²) in [5.41, 5.74) is 0. The SMILES string of the molecule is O=C1N[C@@H](c2ccc([N+](=O)[O-])o2)CO1. The van der Waals surface area contributed by atoms with Gasteiger partial charge in [0, 0.05) is 0 Å². The maximum absolute atomic E-state index is 10.7. The zero-order valence-electron chi connectivity index (χ0n) is 6.93. The van der Waals surface area contributed by atoms with Gasteiger partial charge in [0.25, 0.3) is 0 Å². The highest BCUT2D eigenvalue weighted by molar-refractivity contribution is 5.69. The van der Waals surface area contributed by atoms with Gasteiger partial charge in [0.05, 0.1) is 6.07 Å². The Bertz CT molecular complexity index is 385. The molecule has 0 unspecified atom stereocenters. The Kier molecular flexibility index (Phi) is 1.84. The molecule has 74 valence electrons. The first-order chi connectivity index (χ1) is 6.66. The maximum atomic E-state index is 10.7. The number of ether oxygens (including phenoxy) is 1. The fraction of sp³-hybridized carbons (Fsp3) is 0.286. The molecule has 2 rings (SSSR count). The molecule has 1 atom stereocenters. The number of cyclic esters (lactones) is 1. The van der Waals surface area contributed by atoms with E-state index < -0.39 is 17.1 Å². The lowest BCUT2D eigenvalue weighted by Crippen LogP contribution is -2.17. The number of amides is 1. The summed E-state index contributed by atoms with van der Waals surface area (Å²) in [5, 5.41) is 12.7. The van der Waals surface area contributed by atoms with Gasteiger partial charge in [-0.2, -0.15) is 0 Å². The normalized spacial score (nSPS) is 20.3. The van der Waals surface area contributed by atoms with E-state index in [0.29, 0.717) is 5.76 Å². The Morgan fingerprint density at radius 1 is 1.57 bits per heavy atom. The molecule has 1 aromatic heterocycles. The molecule has 0 bridgehead atoms. The minimum Gasteiger partial charge on any atom is -0.447 e. The number of carbonyl (C=O) groups excluding carboxylic acids is 1. The van der Waals surface area contributed by atoms with Crippen LogP contribution in [0.15, 0.2) is 16.5 Å². The van der Waals surface area contributed by atoms with E-state index in [9.17, 15) is 14.9 Å². The van der Waals surface area contributed by atoms with Crippen LogP contribution in [0.1, 0.15) is 11.8 Å². The minimum atomic E-state index is -0.638. The first kappa shape index (κ1) is 8.54. The number of nitrogens with one attached hydrogen (secondary N) is 1. The van der Waals surface area contributed by atoms with Crippen molar-refractivity contribution in [1.82, 2.24) is 5.32 Å². The van der Waals surface area contributed by atoms with Gasteiger partial charge in [0.15, 0.2) is 0 Å². The van der Waals surface area contributed by atoms with Crippen molar-refractivity contribution in [1.29, 1.82) is 0 Å². The topological polar surface area (TPSA) is 94.6 Å². The smallest absolute Gasteiger partial charge is 0.433 e. The van der Waals surface area contributed by atoms with E-state index in [4.69, 9.17) is 4.42 Å². The largest absolute Gasteiger partial charge is 0.447 e. The highest BCUT2D eigenvalue weighted by atomic mass is 16.6. The summed E-state index contributed by atoms with van der Waals surface area (Å²) < 4.78 is 9.49. The van der Waals surface area contributed by atoms with E-state index in [2.05, 4.69) is 10.1 Å². The standard InChI is InChI=1S/C7H6N2O5/c10-7-8-4(3-13-7)5-1-2-6(14-5)9(11)12/h1-2,4H,3H2,(H,8,10)/t4-/m1/s1. The van der Waals surface area contributed by atoms with Crippen molar-refractivity contribution in [2.75, 3.05) is 6.61 Å². The fourth-order valence-electron chi connectivity index (χ4n) is 1.17. The summed E-state index contributed by atoms with van der Waals surface area (Å²) in [6, 6.07) is 2.24. The van der Waals surface area contributed by atoms with Gasteiger partial charge < -0.3 is 14.5 Å². The Morgan fingerprint density at radius 3 is 2.86 bits per heavy atom. The second-order valence-electron chi connectivity index (χ2n) is 2.73. The molecule has 7 nitrogen and oxygen atoms in total. The van der Waals surface area contributed by atoms with E-state index in [1.165, 1.54) is 12.1 Å². The molecule has 7 heteroatoms. The molecule has 1 aliphatic heterocycles. The Hall–Kier alpha value is -2.05. The predicted octanol–water partition coefficient (Wildman–Crippen LogP) is 0.969. The molecule has 1 aliphatic rings. The molecular weight excluding hydrogens is 192 g/mol. The van der Waals surface area contributed by atoms with Crippen molar-refractivity contribution in [3.05, 3.63) is 28.0 Å². The van der Waals surface area contributed by atoms with Crippen LogP contribution in [0.5, 0.6) is 0 Å². The second kappa shape index (κ2) is 3.02. The lowest BCUT2D eigenvalue weighted by molar-refractivity contribution is -0.402. The fourth-order valence-corrected chi connectivity index (χ4v) is 1.17. The molecule has 0 spiro atoms. The Labute approximate surface area is 77.8 Å². The van der Waals surface area contributed by atoms with Crippen LogP contribution in [0.3, 0.4) is 0 Å². The molecule has 0 aromatic carbocycles. The monoisotopic (exact) mass is 198 g/mol. The number of nitro groups is 1. The third-order valence-corrected chi connectivity index (χ3v) is 1.81. The zero-order chi connectivity index (χ0) is 10.1. The Balaban J connectivity index is 2.17. The average molecular weight is 198 g/mol. The first-order valence-electron chi connectivity index (χ1n) is 3.84. The van der Waals surface area contributed by atoms with E-state index >= 15 is 0 Å². The number of rotatable bonds is 2. The second-order valence-corrected chi connectivity index (χ2v) is 2.73. The van der Waals surface area contributed by atoms with Gasteiger partial charge in [-0.1, -0.05) is 0 Å². The highest BCUT2D eigenvalue weighted by Gasteiger charge is 2.28. The van der Waals surface area contributed by atoms with Crippen molar-refractivity contribution < 1.29 is 18.9 Å². The van der Waals surface area contributed by atoms with E-state index in [1.807, 2.05) is 0 Å². The van der Waals surface area contributed by atoms with Gasteiger partial charge in [-0.15, -0.1) is 0 Å². The van der Waals surface area contributed by atoms with Gasteiger partial charge in [0.2, 0.25) is 0 Å².